The molecule has 0 bridgehead atoms. The quantitative estimate of drug-likeness (QED) is 0.914. The maximum absolute atomic E-state index is 11.5. The Labute approximate surface area is 105 Å². The van der Waals surface area contributed by atoms with Gasteiger partial charge in [-0.25, -0.2) is 18.1 Å². The summed E-state index contributed by atoms with van der Waals surface area (Å²) < 4.78 is 30.7. The van der Waals surface area contributed by atoms with Gasteiger partial charge in [-0.1, -0.05) is 6.07 Å². The molecule has 1 aromatic carbocycles. The fourth-order valence-electron chi connectivity index (χ4n) is 1.33. The summed E-state index contributed by atoms with van der Waals surface area (Å²) in [5.41, 5.74) is 0. The molecule has 2 aromatic rings. The highest BCUT2D eigenvalue weighted by Crippen LogP contribution is 2.20. The van der Waals surface area contributed by atoms with E-state index in [1.807, 2.05) is 6.07 Å². The van der Waals surface area contributed by atoms with Gasteiger partial charge >= 0.3 is 0 Å². The lowest BCUT2D eigenvalue weighted by Crippen LogP contribution is -2.18. The zero-order valence-electron chi connectivity index (χ0n) is 9.70. The third-order valence-corrected chi connectivity index (χ3v) is 3.69. The normalized spacial score (nSPS) is 11.2. The minimum atomic E-state index is -3.41. The van der Waals surface area contributed by atoms with Gasteiger partial charge in [0.1, 0.15) is 5.75 Å². The van der Waals surface area contributed by atoms with E-state index < -0.39 is 10.0 Å². The molecular formula is C12H12N2O3S. The molecule has 0 fully saturated rings. The Morgan fingerprint density at radius 1 is 1.11 bits per heavy atom. The zero-order chi connectivity index (χ0) is 13.0. The Morgan fingerprint density at radius 3 is 2.39 bits per heavy atom. The van der Waals surface area contributed by atoms with Crippen LogP contribution in [-0.4, -0.2) is 20.4 Å². The molecule has 1 heterocycles. The van der Waals surface area contributed by atoms with Gasteiger partial charge in [0.05, 0.1) is 4.90 Å². The Hall–Kier alpha value is -1.92. The van der Waals surface area contributed by atoms with Crippen LogP contribution >= 0.6 is 0 Å². The molecule has 0 unspecified atom stereocenters. The molecule has 1 N–H and O–H groups in total. The number of aromatic nitrogens is 1. The van der Waals surface area contributed by atoms with Gasteiger partial charge in [0.15, 0.2) is 0 Å². The summed E-state index contributed by atoms with van der Waals surface area (Å²) in [4.78, 5) is 4.20. The van der Waals surface area contributed by atoms with E-state index in [9.17, 15) is 8.42 Å². The first-order valence-electron chi connectivity index (χ1n) is 5.24. The molecule has 0 saturated heterocycles. The predicted molar refractivity (Wildman–Crippen MR) is 67.0 cm³/mol. The lowest BCUT2D eigenvalue weighted by atomic mass is 10.3. The van der Waals surface area contributed by atoms with E-state index in [1.54, 1.807) is 30.5 Å². The lowest BCUT2D eigenvalue weighted by molar-refractivity contribution is 0.462. The monoisotopic (exact) mass is 264 g/mol. The van der Waals surface area contributed by atoms with E-state index in [2.05, 4.69) is 9.71 Å². The molecule has 0 aliphatic carbocycles. The van der Waals surface area contributed by atoms with Gasteiger partial charge < -0.3 is 4.74 Å². The van der Waals surface area contributed by atoms with Gasteiger partial charge in [0.2, 0.25) is 15.9 Å². The van der Waals surface area contributed by atoms with Crippen molar-refractivity contribution in [2.24, 2.45) is 0 Å². The molecule has 0 atom stereocenters. The fourth-order valence-corrected chi connectivity index (χ4v) is 2.06. The van der Waals surface area contributed by atoms with Gasteiger partial charge in [0, 0.05) is 12.3 Å². The van der Waals surface area contributed by atoms with Crippen LogP contribution in [0.4, 0.5) is 0 Å². The van der Waals surface area contributed by atoms with Crippen molar-refractivity contribution in [1.29, 1.82) is 0 Å². The van der Waals surface area contributed by atoms with Crippen LogP contribution in [0.5, 0.6) is 11.6 Å². The number of benzene rings is 1. The Balaban J connectivity index is 2.19. The number of pyridine rings is 1. The van der Waals surface area contributed by atoms with Crippen molar-refractivity contribution >= 4 is 10.0 Å². The number of rotatable bonds is 4. The summed E-state index contributed by atoms with van der Waals surface area (Å²) in [7, 11) is -2.04. The van der Waals surface area contributed by atoms with E-state index in [-0.39, 0.29) is 4.90 Å². The van der Waals surface area contributed by atoms with E-state index in [4.69, 9.17) is 4.74 Å². The highest BCUT2D eigenvalue weighted by Gasteiger charge is 2.10. The average Bonchev–Trinajstić information content (AvgIpc) is 2.40. The molecule has 5 nitrogen and oxygen atoms in total. The molecule has 6 heteroatoms. The molecule has 94 valence electrons. The van der Waals surface area contributed by atoms with Crippen LogP contribution in [0.25, 0.3) is 0 Å². The molecule has 1 aromatic heterocycles. The molecule has 0 radical (unpaired) electrons. The largest absolute Gasteiger partial charge is 0.439 e. The molecule has 18 heavy (non-hydrogen) atoms. The van der Waals surface area contributed by atoms with Crippen molar-refractivity contribution in [3.8, 4) is 11.6 Å². The first-order valence-corrected chi connectivity index (χ1v) is 6.72. The van der Waals surface area contributed by atoms with E-state index in [1.165, 1.54) is 19.2 Å². The summed E-state index contributed by atoms with van der Waals surface area (Å²) in [5.74, 6) is 0.991. The minimum Gasteiger partial charge on any atom is -0.439 e. The minimum absolute atomic E-state index is 0.193. The maximum Gasteiger partial charge on any atom is 0.240 e. The highest BCUT2D eigenvalue weighted by molar-refractivity contribution is 7.89. The Morgan fingerprint density at radius 2 is 1.83 bits per heavy atom. The highest BCUT2D eigenvalue weighted by atomic mass is 32.2. The maximum atomic E-state index is 11.5. The van der Waals surface area contributed by atoms with E-state index in [0.29, 0.717) is 11.6 Å². The topological polar surface area (TPSA) is 68.3 Å². The zero-order valence-corrected chi connectivity index (χ0v) is 10.5. The molecule has 0 saturated carbocycles. The molecular weight excluding hydrogens is 252 g/mol. The molecule has 0 amide bonds. The van der Waals surface area contributed by atoms with Crippen LogP contribution < -0.4 is 9.46 Å². The van der Waals surface area contributed by atoms with E-state index >= 15 is 0 Å². The van der Waals surface area contributed by atoms with Gasteiger partial charge in [-0.2, -0.15) is 0 Å². The van der Waals surface area contributed by atoms with Gasteiger partial charge in [-0.05, 0) is 37.4 Å². The SMILES string of the molecule is CNS(=O)(=O)c1ccc(Oc2ccccn2)cc1. The average molecular weight is 264 g/mol. The number of sulfonamides is 1. The predicted octanol–water partition coefficient (Wildman–Crippen LogP) is 1.78. The van der Waals surface area contributed by atoms with Crippen LogP contribution in [0, 0.1) is 0 Å². The number of hydrogen-bond donors (Lipinski definition) is 1. The van der Waals surface area contributed by atoms with Crippen molar-refractivity contribution in [1.82, 2.24) is 9.71 Å². The summed E-state index contributed by atoms with van der Waals surface area (Å²) in [5, 5.41) is 0. The second kappa shape index (κ2) is 5.16. The number of hydrogen-bond acceptors (Lipinski definition) is 4. The van der Waals surface area contributed by atoms with Crippen molar-refractivity contribution in [2.75, 3.05) is 7.05 Å². The summed E-state index contributed by atoms with van der Waals surface area (Å²) in [6.45, 7) is 0. The van der Waals surface area contributed by atoms with Crippen LogP contribution in [0.2, 0.25) is 0 Å². The van der Waals surface area contributed by atoms with Crippen molar-refractivity contribution < 1.29 is 13.2 Å². The molecule has 0 aliphatic heterocycles. The third-order valence-electron chi connectivity index (χ3n) is 2.26. The van der Waals surface area contributed by atoms with Crippen molar-refractivity contribution in [3.63, 3.8) is 0 Å². The first-order chi connectivity index (χ1) is 8.62. The van der Waals surface area contributed by atoms with Gasteiger partial charge in [-0.3, -0.25) is 0 Å². The summed E-state index contributed by atoms with van der Waals surface area (Å²) in [6.07, 6.45) is 1.62. The number of ether oxygens (including phenoxy) is 1. The van der Waals surface area contributed by atoms with Gasteiger partial charge in [-0.15, -0.1) is 0 Å². The summed E-state index contributed by atoms with van der Waals surface area (Å²) in [6, 6.07) is 11.4. The van der Waals surface area contributed by atoms with E-state index in [0.717, 1.165) is 0 Å². The smallest absolute Gasteiger partial charge is 0.240 e. The number of nitrogens with zero attached hydrogens (tertiary/aromatic N) is 1. The van der Waals surface area contributed by atoms with Crippen molar-refractivity contribution in [3.05, 3.63) is 48.7 Å². The van der Waals surface area contributed by atoms with Crippen LogP contribution in [0.15, 0.2) is 53.6 Å². The second-order valence-electron chi connectivity index (χ2n) is 3.45. The molecule has 0 aliphatic rings. The van der Waals surface area contributed by atoms with Crippen LogP contribution in [-0.2, 0) is 10.0 Å². The fraction of sp³-hybridized carbons (Fsp3) is 0.0833. The number of nitrogens with one attached hydrogen (secondary N) is 1. The molecule has 0 spiro atoms. The van der Waals surface area contributed by atoms with Crippen molar-refractivity contribution in [2.45, 2.75) is 4.90 Å². The standard InChI is InChI=1S/C12H12N2O3S/c1-13-18(15,16)11-7-5-10(6-8-11)17-12-4-2-3-9-14-12/h2-9,13H,1H3. The van der Waals surface area contributed by atoms with Gasteiger partial charge in [0.25, 0.3) is 0 Å². The first kappa shape index (κ1) is 12.5. The third kappa shape index (κ3) is 2.85. The molecule has 2 rings (SSSR count). The summed E-state index contributed by atoms with van der Waals surface area (Å²) >= 11 is 0. The lowest BCUT2D eigenvalue weighted by Gasteiger charge is -2.06. The van der Waals surface area contributed by atoms with Crippen LogP contribution in [0.3, 0.4) is 0 Å². The second-order valence-corrected chi connectivity index (χ2v) is 5.34. The van der Waals surface area contributed by atoms with Crippen LogP contribution in [0.1, 0.15) is 0 Å². The Kier molecular flexibility index (Phi) is 3.59. The Bertz CT molecular complexity index is 610.